The number of hydrogen-bond acceptors (Lipinski definition) is 4. The third kappa shape index (κ3) is 6.42. The molecule has 0 amide bonds. The van der Waals surface area contributed by atoms with Crippen molar-refractivity contribution in [1.82, 2.24) is 15.5 Å². The molecule has 2 unspecified atom stereocenters. The van der Waals surface area contributed by atoms with Crippen LogP contribution in [0.25, 0.3) is 0 Å². The summed E-state index contributed by atoms with van der Waals surface area (Å²) < 4.78 is 5.66. The Morgan fingerprint density at radius 1 is 1.21 bits per heavy atom. The Labute approximate surface area is 191 Å². The molecule has 7 heteroatoms. The lowest BCUT2D eigenvalue weighted by Crippen LogP contribution is -2.46. The fraction of sp³-hybridized carbons (Fsp3) is 0.667. The summed E-state index contributed by atoms with van der Waals surface area (Å²) >= 11 is 2.08. The number of guanidine groups is 1. The van der Waals surface area contributed by atoms with Gasteiger partial charge in [0.05, 0.1) is 13.2 Å². The fourth-order valence-electron chi connectivity index (χ4n) is 4.00. The average Bonchev–Trinajstić information content (AvgIpc) is 3.37. The van der Waals surface area contributed by atoms with Crippen molar-refractivity contribution in [1.29, 1.82) is 0 Å². The fourth-order valence-corrected chi connectivity index (χ4v) is 5.24. The van der Waals surface area contributed by atoms with E-state index < -0.39 is 0 Å². The molecule has 158 valence electrons. The van der Waals surface area contributed by atoms with Crippen LogP contribution in [0, 0.1) is 0 Å². The van der Waals surface area contributed by atoms with E-state index in [1.54, 1.807) is 7.11 Å². The molecule has 0 radical (unpaired) electrons. The van der Waals surface area contributed by atoms with Gasteiger partial charge in [-0.05, 0) is 69.1 Å². The molecule has 5 nitrogen and oxygen atoms in total. The Bertz CT molecular complexity index is 613. The van der Waals surface area contributed by atoms with Crippen LogP contribution in [-0.4, -0.2) is 61.7 Å². The van der Waals surface area contributed by atoms with Crippen molar-refractivity contribution in [3.63, 3.8) is 0 Å². The number of benzene rings is 1. The number of thioether (sulfide) groups is 1. The lowest BCUT2D eigenvalue weighted by Gasteiger charge is -2.30. The van der Waals surface area contributed by atoms with Gasteiger partial charge >= 0.3 is 0 Å². The number of nitrogens with one attached hydrogen (secondary N) is 2. The lowest BCUT2D eigenvalue weighted by atomic mass is 10.1. The average molecular weight is 519 g/mol. The van der Waals surface area contributed by atoms with Crippen LogP contribution in [0.2, 0.25) is 0 Å². The Hall–Kier alpha value is -0.670. The normalized spacial score (nSPS) is 23.9. The number of halogens is 1. The number of hydrogen-bond donors (Lipinski definition) is 2. The molecule has 0 bridgehead atoms. The summed E-state index contributed by atoms with van der Waals surface area (Å²) in [6.45, 7) is 6.51. The maximum atomic E-state index is 5.32. The van der Waals surface area contributed by atoms with Gasteiger partial charge in [-0.3, -0.25) is 9.89 Å². The topological polar surface area (TPSA) is 48.9 Å². The van der Waals surface area contributed by atoms with Gasteiger partial charge in [-0.1, -0.05) is 12.1 Å². The molecule has 28 heavy (non-hydrogen) atoms. The number of rotatable bonds is 7. The Kier molecular flexibility index (Phi) is 9.69. The first-order valence-corrected chi connectivity index (χ1v) is 11.1. The van der Waals surface area contributed by atoms with Crippen LogP contribution in [0.3, 0.4) is 0 Å². The number of likely N-dealkylation sites (tertiary alicyclic amines) is 1. The van der Waals surface area contributed by atoms with E-state index in [-0.39, 0.29) is 24.0 Å². The molecule has 1 aromatic carbocycles. The maximum absolute atomic E-state index is 5.32. The minimum absolute atomic E-state index is 0. The van der Waals surface area contributed by atoms with Gasteiger partial charge in [0, 0.05) is 24.9 Å². The molecule has 0 spiro atoms. The highest BCUT2D eigenvalue weighted by Gasteiger charge is 2.29. The molecule has 2 fully saturated rings. The summed E-state index contributed by atoms with van der Waals surface area (Å²) in [5.41, 5.74) is 1.33. The third-order valence-electron chi connectivity index (χ3n) is 5.70. The van der Waals surface area contributed by atoms with Crippen molar-refractivity contribution in [2.75, 3.05) is 46.1 Å². The summed E-state index contributed by atoms with van der Waals surface area (Å²) in [5.74, 6) is 3.09. The van der Waals surface area contributed by atoms with Gasteiger partial charge < -0.3 is 15.4 Å². The van der Waals surface area contributed by atoms with Gasteiger partial charge in [0.2, 0.25) is 0 Å². The van der Waals surface area contributed by atoms with Crippen molar-refractivity contribution < 1.29 is 4.74 Å². The number of nitrogens with zero attached hydrogens (tertiary/aromatic N) is 2. The number of ether oxygens (including phenoxy) is 1. The van der Waals surface area contributed by atoms with Crippen LogP contribution in [0.15, 0.2) is 29.3 Å². The van der Waals surface area contributed by atoms with Crippen LogP contribution in [0.4, 0.5) is 0 Å². The van der Waals surface area contributed by atoms with Crippen LogP contribution in [0.1, 0.15) is 44.2 Å². The second kappa shape index (κ2) is 11.5. The van der Waals surface area contributed by atoms with E-state index in [1.165, 1.54) is 50.1 Å². The molecule has 2 saturated heterocycles. The zero-order valence-electron chi connectivity index (χ0n) is 17.4. The molecule has 1 aromatic rings. The molecule has 3 rings (SSSR count). The highest BCUT2D eigenvalue weighted by atomic mass is 127. The lowest BCUT2D eigenvalue weighted by molar-refractivity contribution is 0.245. The molecular formula is C21H35IN4OS. The second-order valence-electron chi connectivity index (χ2n) is 7.74. The Morgan fingerprint density at radius 3 is 2.50 bits per heavy atom. The number of aliphatic imine (C=N–C) groups is 1. The standard InChI is InChI=1S/C21H34N4OS.HI/c1-21(11-6-14-27-21)16-24-20(22-2)23-15-19(25-12-4-5-13-25)17-7-9-18(26-3)10-8-17;/h7-10,19H,4-6,11-16H2,1-3H3,(H2,22,23,24);1H. The molecule has 2 heterocycles. The first-order chi connectivity index (χ1) is 13.1. The van der Waals surface area contributed by atoms with Gasteiger partial charge in [-0.2, -0.15) is 11.8 Å². The SMILES string of the molecule is CN=C(NCC(c1ccc(OC)cc1)N1CCCC1)NCC1(C)CCCS1.I. The highest BCUT2D eigenvalue weighted by molar-refractivity contribution is 14.0. The van der Waals surface area contributed by atoms with Crippen LogP contribution in [0.5, 0.6) is 5.75 Å². The second-order valence-corrected chi connectivity index (χ2v) is 9.42. The van der Waals surface area contributed by atoms with E-state index in [1.807, 2.05) is 7.05 Å². The van der Waals surface area contributed by atoms with E-state index in [4.69, 9.17) is 4.74 Å². The third-order valence-corrected chi connectivity index (χ3v) is 7.24. The van der Waals surface area contributed by atoms with E-state index in [2.05, 4.69) is 63.5 Å². The van der Waals surface area contributed by atoms with Crippen LogP contribution in [-0.2, 0) is 0 Å². The van der Waals surface area contributed by atoms with E-state index >= 15 is 0 Å². The molecule has 2 atom stereocenters. The molecule has 2 aliphatic heterocycles. The first-order valence-electron chi connectivity index (χ1n) is 10.1. The van der Waals surface area contributed by atoms with Crippen LogP contribution >= 0.6 is 35.7 Å². The summed E-state index contributed by atoms with van der Waals surface area (Å²) in [6.07, 6.45) is 5.18. The Morgan fingerprint density at radius 2 is 1.93 bits per heavy atom. The van der Waals surface area contributed by atoms with Gasteiger partial charge in [-0.25, -0.2) is 0 Å². The number of methoxy groups -OCH3 is 1. The zero-order chi connectivity index (χ0) is 19.1. The molecule has 2 aliphatic rings. The van der Waals surface area contributed by atoms with Crippen molar-refractivity contribution in [2.24, 2.45) is 4.99 Å². The molecule has 0 aromatic heterocycles. The van der Waals surface area contributed by atoms with E-state index in [0.29, 0.717) is 10.8 Å². The van der Waals surface area contributed by atoms with E-state index in [0.717, 1.165) is 24.8 Å². The van der Waals surface area contributed by atoms with Gasteiger partial charge in [0.1, 0.15) is 5.75 Å². The van der Waals surface area contributed by atoms with Crippen LogP contribution < -0.4 is 15.4 Å². The predicted molar refractivity (Wildman–Crippen MR) is 131 cm³/mol. The van der Waals surface area contributed by atoms with Crippen molar-refractivity contribution in [3.05, 3.63) is 29.8 Å². The summed E-state index contributed by atoms with van der Waals surface area (Å²) in [4.78, 5) is 7.03. The highest BCUT2D eigenvalue weighted by Crippen LogP contribution is 2.36. The Balaban J connectivity index is 0.00000280. The molecular weight excluding hydrogens is 483 g/mol. The zero-order valence-corrected chi connectivity index (χ0v) is 20.5. The van der Waals surface area contributed by atoms with Gasteiger partial charge in [0.15, 0.2) is 5.96 Å². The molecule has 0 saturated carbocycles. The maximum Gasteiger partial charge on any atom is 0.191 e. The van der Waals surface area contributed by atoms with E-state index in [9.17, 15) is 0 Å². The van der Waals surface area contributed by atoms with Crippen molar-refractivity contribution in [3.8, 4) is 5.75 Å². The predicted octanol–water partition coefficient (Wildman–Crippen LogP) is 3.90. The minimum Gasteiger partial charge on any atom is -0.497 e. The van der Waals surface area contributed by atoms with Crippen molar-refractivity contribution >= 4 is 41.7 Å². The first kappa shape index (κ1) is 23.6. The monoisotopic (exact) mass is 518 g/mol. The quantitative estimate of drug-likeness (QED) is 0.326. The van der Waals surface area contributed by atoms with Gasteiger partial charge in [0.25, 0.3) is 0 Å². The van der Waals surface area contributed by atoms with Gasteiger partial charge in [-0.15, -0.1) is 24.0 Å². The summed E-state index contributed by atoms with van der Waals surface area (Å²) in [7, 11) is 3.57. The summed E-state index contributed by atoms with van der Waals surface area (Å²) in [5, 5.41) is 7.12. The largest absolute Gasteiger partial charge is 0.497 e. The molecule has 2 N–H and O–H groups in total. The smallest absolute Gasteiger partial charge is 0.191 e. The minimum atomic E-state index is 0. The van der Waals surface area contributed by atoms with Crippen molar-refractivity contribution in [2.45, 2.75) is 43.4 Å². The molecule has 0 aliphatic carbocycles. The summed E-state index contributed by atoms with van der Waals surface area (Å²) in [6, 6.07) is 8.85.